The Bertz CT molecular complexity index is 733. The Morgan fingerprint density at radius 1 is 1.32 bits per heavy atom. The van der Waals surface area contributed by atoms with E-state index in [1.807, 2.05) is 31.2 Å². The number of halogens is 1. The highest BCUT2D eigenvalue weighted by molar-refractivity contribution is 9.10. The molecule has 2 aliphatic heterocycles. The van der Waals surface area contributed by atoms with Crippen LogP contribution in [0, 0.1) is 0 Å². The molecule has 0 saturated heterocycles. The van der Waals surface area contributed by atoms with Gasteiger partial charge in [0.05, 0.1) is 17.5 Å². The van der Waals surface area contributed by atoms with Crippen molar-refractivity contribution in [1.82, 2.24) is 5.32 Å². The molecule has 132 valence electrons. The van der Waals surface area contributed by atoms with Gasteiger partial charge >= 0.3 is 0 Å². The van der Waals surface area contributed by atoms with Crippen molar-refractivity contribution in [1.29, 1.82) is 0 Å². The highest BCUT2D eigenvalue weighted by Crippen LogP contribution is 2.27. The summed E-state index contributed by atoms with van der Waals surface area (Å²) in [5, 5.41) is 11.8. The fourth-order valence-electron chi connectivity index (χ4n) is 2.16. The molecular formula is C16H17BrN4OS3. The van der Waals surface area contributed by atoms with Crippen LogP contribution >= 0.6 is 51.2 Å². The molecule has 5 nitrogen and oxygen atoms in total. The summed E-state index contributed by atoms with van der Waals surface area (Å²) in [5.74, 6) is 1.67. The molecule has 1 aromatic rings. The van der Waals surface area contributed by atoms with Crippen molar-refractivity contribution < 1.29 is 4.79 Å². The van der Waals surface area contributed by atoms with E-state index in [0.29, 0.717) is 10.9 Å². The number of amides is 1. The van der Waals surface area contributed by atoms with Crippen LogP contribution in [0.3, 0.4) is 0 Å². The molecule has 3 rings (SSSR count). The third kappa shape index (κ3) is 5.35. The number of hydrogen-bond acceptors (Lipinski definition) is 7. The lowest BCUT2D eigenvalue weighted by molar-refractivity contribution is -0.119. The van der Waals surface area contributed by atoms with Crippen LogP contribution in [0.15, 0.2) is 43.9 Å². The second-order valence-electron chi connectivity index (χ2n) is 5.25. The lowest BCUT2D eigenvalue weighted by atomic mass is 10.1. The monoisotopic (exact) mass is 456 g/mol. The van der Waals surface area contributed by atoms with Gasteiger partial charge in [-0.15, -0.1) is 5.10 Å². The van der Waals surface area contributed by atoms with Gasteiger partial charge in [-0.25, -0.2) is 0 Å². The average molecular weight is 457 g/mol. The van der Waals surface area contributed by atoms with Gasteiger partial charge in [0.25, 0.3) is 0 Å². The predicted molar refractivity (Wildman–Crippen MR) is 115 cm³/mol. The number of aliphatic imine (C=N–C) groups is 1. The van der Waals surface area contributed by atoms with Gasteiger partial charge in [0.1, 0.15) is 4.38 Å². The second kappa shape index (κ2) is 9.25. The first-order chi connectivity index (χ1) is 12.2. The van der Waals surface area contributed by atoms with E-state index in [-0.39, 0.29) is 11.2 Å². The molecule has 9 heteroatoms. The van der Waals surface area contributed by atoms with E-state index in [1.165, 1.54) is 11.8 Å². The molecule has 1 amide bonds. The Morgan fingerprint density at radius 3 is 2.72 bits per heavy atom. The molecule has 0 radical (unpaired) electrons. The molecule has 0 spiro atoms. The van der Waals surface area contributed by atoms with E-state index in [1.54, 1.807) is 23.5 Å². The first-order valence-corrected chi connectivity index (χ1v) is 11.5. The Balaban J connectivity index is 1.60. The molecule has 2 heterocycles. The van der Waals surface area contributed by atoms with Crippen LogP contribution in [-0.2, 0) is 4.79 Å². The van der Waals surface area contributed by atoms with Crippen LogP contribution in [0.4, 0.5) is 0 Å². The molecule has 0 aliphatic carbocycles. The van der Waals surface area contributed by atoms with Gasteiger partial charge in [-0.1, -0.05) is 70.3 Å². The first-order valence-electron chi connectivity index (χ1n) is 7.83. The SMILES string of the molecule is CCC(SC1=NCCS1)C(=O)NC1=NN=C(c2ccc(Br)cc2)CS1. The zero-order chi connectivity index (χ0) is 17.6. The second-order valence-corrected chi connectivity index (χ2v) is 9.66. The summed E-state index contributed by atoms with van der Waals surface area (Å²) < 4.78 is 2.04. The number of hydrogen-bond donors (Lipinski definition) is 1. The van der Waals surface area contributed by atoms with Crippen LogP contribution < -0.4 is 5.32 Å². The number of amidine groups is 1. The Hall–Kier alpha value is -0.770. The van der Waals surface area contributed by atoms with Crippen molar-refractivity contribution in [3.05, 3.63) is 34.3 Å². The quantitative estimate of drug-likeness (QED) is 0.743. The minimum atomic E-state index is -0.149. The van der Waals surface area contributed by atoms with Crippen LogP contribution in [0.2, 0.25) is 0 Å². The van der Waals surface area contributed by atoms with Gasteiger partial charge in [0.15, 0.2) is 5.17 Å². The number of nitrogens with zero attached hydrogens (tertiary/aromatic N) is 3. The van der Waals surface area contributed by atoms with E-state index in [4.69, 9.17) is 0 Å². The third-order valence-corrected chi connectivity index (χ3v) is 7.45. The zero-order valence-electron chi connectivity index (χ0n) is 13.6. The molecule has 0 saturated carbocycles. The number of carbonyl (C=O) groups is 1. The van der Waals surface area contributed by atoms with E-state index in [0.717, 1.165) is 38.8 Å². The summed E-state index contributed by atoms with van der Waals surface area (Å²) in [7, 11) is 0. The Morgan fingerprint density at radius 2 is 2.12 bits per heavy atom. The van der Waals surface area contributed by atoms with Gasteiger partial charge in [-0.05, 0) is 24.1 Å². The maximum absolute atomic E-state index is 12.5. The van der Waals surface area contributed by atoms with Gasteiger partial charge < -0.3 is 5.32 Å². The number of nitrogens with one attached hydrogen (secondary N) is 1. The van der Waals surface area contributed by atoms with Crippen molar-refractivity contribution in [2.45, 2.75) is 18.6 Å². The first kappa shape index (κ1) is 19.0. The standard InChI is InChI=1S/C16H17BrN4OS3/c1-2-13(25-16-18-7-8-23-16)14(22)19-15-21-20-12(9-24-15)10-3-5-11(17)6-4-10/h3-6,13H,2,7-9H2,1H3,(H,19,21,22). The molecular weight excluding hydrogens is 440 g/mol. The number of rotatable bonds is 4. The van der Waals surface area contributed by atoms with Crippen LogP contribution in [-0.4, -0.2) is 44.5 Å². The molecule has 0 aromatic heterocycles. The van der Waals surface area contributed by atoms with Crippen molar-refractivity contribution >= 4 is 72.4 Å². The molecule has 1 N–H and O–H groups in total. The van der Waals surface area contributed by atoms with E-state index < -0.39 is 0 Å². The van der Waals surface area contributed by atoms with Crippen molar-refractivity contribution in [3.8, 4) is 0 Å². The average Bonchev–Trinajstić information content (AvgIpc) is 3.14. The summed E-state index contributed by atoms with van der Waals surface area (Å²) in [6.45, 7) is 2.86. The largest absolute Gasteiger partial charge is 0.303 e. The third-order valence-electron chi connectivity index (χ3n) is 3.48. The molecule has 25 heavy (non-hydrogen) atoms. The number of thioether (sulfide) groups is 3. The fraction of sp³-hybridized carbons (Fsp3) is 0.375. The number of benzene rings is 1. The molecule has 0 fully saturated rings. The summed E-state index contributed by atoms with van der Waals surface area (Å²) in [6, 6.07) is 7.98. The summed E-state index contributed by atoms with van der Waals surface area (Å²) >= 11 is 8.19. The van der Waals surface area contributed by atoms with Gasteiger partial charge in [0, 0.05) is 16.0 Å². The molecule has 2 aliphatic rings. The van der Waals surface area contributed by atoms with Crippen molar-refractivity contribution in [2.24, 2.45) is 15.2 Å². The summed E-state index contributed by atoms with van der Waals surface area (Å²) in [6.07, 6.45) is 0.751. The molecule has 1 unspecified atom stereocenters. The molecule has 0 bridgehead atoms. The Labute approximate surface area is 168 Å². The lowest BCUT2D eigenvalue weighted by Crippen LogP contribution is -2.37. The fourth-order valence-corrected chi connectivity index (χ4v) is 5.35. The van der Waals surface area contributed by atoms with Gasteiger partial charge in [0.2, 0.25) is 5.91 Å². The highest BCUT2D eigenvalue weighted by Gasteiger charge is 2.23. The van der Waals surface area contributed by atoms with E-state index in [2.05, 4.69) is 36.4 Å². The van der Waals surface area contributed by atoms with Gasteiger partial charge in [-0.2, -0.15) is 5.10 Å². The van der Waals surface area contributed by atoms with E-state index >= 15 is 0 Å². The summed E-state index contributed by atoms with van der Waals surface area (Å²) in [4.78, 5) is 16.9. The number of carbonyl (C=O) groups excluding carboxylic acids is 1. The highest BCUT2D eigenvalue weighted by atomic mass is 79.9. The van der Waals surface area contributed by atoms with E-state index in [9.17, 15) is 4.79 Å². The van der Waals surface area contributed by atoms with Crippen LogP contribution in [0.1, 0.15) is 18.9 Å². The maximum Gasteiger partial charge on any atom is 0.239 e. The predicted octanol–water partition coefficient (Wildman–Crippen LogP) is 3.99. The molecule has 1 atom stereocenters. The Kier molecular flexibility index (Phi) is 7.03. The minimum absolute atomic E-state index is 0.0313. The van der Waals surface area contributed by atoms with Crippen LogP contribution in [0.25, 0.3) is 0 Å². The topological polar surface area (TPSA) is 66.2 Å². The van der Waals surface area contributed by atoms with Crippen molar-refractivity contribution in [3.63, 3.8) is 0 Å². The zero-order valence-corrected chi connectivity index (χ0v) is 17.6. The lowest BCUT2D eigenvalue weighted by Gasteiger charge is -2.16. The molecule has 1 aromatic carbocycles. The van der Waals surface area contributed by atoms with Crippen LogP contribution in [0.5, 0.6) is 0 Å². The maximum atomic E-state index is 12.5. The van der Waals surface area contributed by atoms with Crippen molar-refractivity contribution in [2.75, 3.05) is 18.1 Å². The normalized spacial score (nSPS) is 18.2. The van der Waals surface area contributed by atoms with Gasteiger partial charge in [-0.3, -0.25) is 9.79 Å². The summed E-state index contributed by atoms with van der Waals surface area (Å²) in [5.41, 5.74) is 1.96. The smallest absolute Gasteiger partial charge is 0.239 e. The minimum Gasteiger partial charge on any atom is -0.303 e.